The number of hydrogen-bond donors (Lipinski definition) is 2. The minimum atomic E-state index is 0.000651. The molecule has 3 aliphatic rings. The average molecular weight is 336 g/mol. The molecule has 6 nitrogen and oxygen atoms in total. The Kier molecular flexibility index (Phi) is 5.76. The third-order valence-corrected chi connectivity index (χ3v) is 5.77. The molecule has 0 saturated carbocycles. The molecule has 0 spiro atoms. The van der Waals surface area contributed by atoms with Gasteiger partial charge in [-0.25, -0.2) is 0 Å². The molecule has 3 fully saturated rings. The third kappa shape index (κ3) is 3.91. The minimum Gasteiger partial charge on any atom is -0.354 e. The summed E-state index contributed by atoms with van der Waals surface area (Å²) < 4.78 is 0. The molecular formula is C18H32N4O2. The Labute approximate surface area is 145 Å². The number of hydrogen-bond acceptors (Lipinski definition) is 4. The highest BCUT2D eigenvalue weighted by Crippen LogP contribution is 2.25. The van der Waals surface area contributed by atoms with Crippen molar-refractivity contribution in [3.63, 3.8) is 0 Å². The average Bonchev–Trinajstić information content (AvgIpc) is 3.22. The number of carbonyl (C=O) groups excluding carboxylic acids is 2. The van der Waals surface area contributed by atoms with Crippen LogP contribution in [0.15, 0.2) is 0 Å². The standard InChI is InChI=1S/C18H32N4O2/c1-13(2)22-10-7-16(18(22)24)21-9-4-5-14(12-21)11-20-17(23)15-6-3-8-19-15/h13-16,19H,3-12H2,1-2H3,(H,20,23). The summed E-state index contributed by atoms with van der Waals surface area (Å²) in [5.41, 5.74) is 0. The first-order valence-electron chi connectivity index (χ1n) is 9.62. The number of likely N-dealkylation sites (tertiary alicyclic amines) is 2. The number of nitrogens with zero attached hydrogens (tertiary/aromatic N) is 2. The van der Waals surface area contributed by atoms with Crippen molar-refractivity contribution < 1.29 is 9.59 Å². The maximum Gasteiger partial charge on any atom is 0.240 e. The van der Waals surface area contributed by atoms with E-state index in [-0.39, 0.29) is 18.0 Å². The number of rotatable bonds is 5. The molecule has 136 valence electrons. The van der Waals surface area contributed by atoms with E-state index >= 15 is 0 Å². The van der Waals surface area contributed by atoms with Gasteiger partial charge in [-0.3, -0.25) is 14.5 Å². The molecule has 0 aromatic heterocycles. The van der Waals surface area contributed by atoms with Crippen LogP contribution in [0.4, 0.5) is 0 Å². The van der Waals surface area contributed by atoms with Gasteiger partial charge in [-0.15, -0.1) is 0 Å². The summed E-state index contributed by atoms with van der Waals surface area (Å²) in [6.45, 7) is 8.69. The fourth-order valence-electron chi connectivity index (χ4n) is 4.36. The molecule has 3 heterocycles. The van der Waals surface area contributed by atoms with E-state index in [0.29, 0.717) is 17.9 Å². The molecular weight excluding hydrogens is 304 g/mol. The summed E-state index contributed by atoms with van der Waals surface area (Å²) in [5, 5.41) is 6.37. The predicted molar refractivity (Wildman–Crippen MR) is 93.6 cm³/mol. The normalized spacial score (nSPS) is 31.9. The second-order valence-electron chi connectivity index (χ2n) is 7.83. The molecule has 3 saturated heterocycles. The molecule has 3 rings (SSSR count). The van der Waals surface area contributed by atoms with Crippen LogP contribution < -0.4 is 10.6 Å². The summed E-state index contributed by atoms with van der Waals surface area (Å²) >= 11 is 0. The van der Waals surface area contributed by atoms with Gasteiger partial charge in [0.25, 0.3) is 0 Å². The quantitative estimate of drug-likeness (QED) is 0.771. The molecule has 24 heavy (non-hydrogen) atoms. The zero-order chi connectivity index (χ0) is 17.1. The van der Waals surface area contributed by atoms with Crippen LogP contribution in [0, 0.1) is 5.92 Å². The van der Waals surface area contributed by atoms with Crippen molar-refractivity contribution >= 4 is 11.8 Å². The van der Waals surface area contributed by atoms with Crippen molar-refractivity contribution in [3.05, 3.63) is 0 Å². The van der Waals surface area contributed by atoms with Crippen molar-refractivity contribution in [2.75, 3.05) is 32.7 Å². The van der Waals surface area contributed by atoms with E-state index in [4.69, 9.17) is 0 Å². The van der Waals surface area contributed by atoms with E-state index in [1.807, 2.05) is 4.90 Å². The van der Waals surface area contributed by atoms with E-state index < -0.39 is 0 Å². The van der Waals surface area contributed by atoms with Crippen LogP contribution in [-0.4, -0.2) is 72.5 Å². The largest absolute Gasteiger partial charge is 0.354 e. The lowest BCUT2D eigenvalue weighted by Gasteiger charge is -2.36. The monoisotopic (exact) mass is 336 g/mol. The van der Waals surface area contributed by atoms with E-state index in [1.54, 1.807) is 0 Å². The summed E-state index contributed by atoms with van der Waals surface area (Å²) in [4.78, 5) is 29.1. The summed E-state index contributed by atoms with van der Waals surface area (Å²) in [7, 11) is 0. The van der Waals surface area contributed by atoms with Gasteiger partial charge in [-0.2, -0.15) is 0 Å². The summed E-state index contributed by atoms with van der Waals surface area (Å²) in [6, 6.07) is 0.351. The zero-order valence-electron chi connectivity index (χ0n) is 15.1. The van der Waals surface area contributed by atoms with Crippen LogP contribution in [0.3, 0.4) is 0 Å². The third-order valence-electron chi connectivity index (χ3n) is 5.77. The van der Waals surface area contributed by atoms with Crippen LogP contribution in [0.5, 0.6) is 0 Å². The first kappa shape index (κ1) is 17.7. The number of amides is 2. The Morgan fingerprint density at radius 2 is 2.08 bits per heavy atom. The van der Waals surface area contributed by atoms with E-state index in [1.165, 1.54) is 0 Å². The first-order chi connectivity index (χ1) is 11.6. The smallest absolute Gasteiger partial charge is 0.240 e. The number of carbonyl (C=O) groups is 2. The van der Waals surface area contributed by atoms with Crippen LogP contribution in [0.2, 0.25) is 0 Å². The lowest BCUT2D eigenvalue weighted by atomic mass is 9.96. The number of nitrogens with one attached hydrogen (secondary N) is 2. The maximum absolute atomic E-state index is 12.6. The molecule has 2 amide bonds. The molecule has 0 aromatic rings. The van der Waals surface area contributed by atoms with Gasteiger partial charge in [0.05, 0.1) is 12.1 Å². The lowest BCUT2D eigenvalue weighted by molar-refractivity contribution is -0.134. The van der Waals surface area contributed by atoms with Crippen LogP contribution in [-0.2, 0) is 9.59 Å². The van der Waals surface area contributed by atoms with Gasteiger partial charge in [-0.1, -0.05) is 0 Å². The van der Waals surface area contributed by atoms with Gasteiger partial charge in [0.2, 0.25) is 11.8 Å². The Morgan fingerprint density at radius 3 is 2.75 bits per heavy atom. The van der Waals surface area contributed by atoms with E-state index in [0.717, 1.165) is 64.8 Å². The maximum atomic E-state index is 12.6. The van der Waals surface area contributed by atoms with Crippen molar-refractivity contribution in [2.24, 2.45) is 5.92 Å². The van der Waals surface area contributed by atoms with Crippen molar-refractivity contribution in [2.45, 2.75) is 64.1 Å². The fourth-order valence-corrected chi connectivity index (χ4v) is 4.36. The van der Waals surface area contributed by atoms with Crippen LogP contribution in [0.1, 0.15) is 46.0 Å². The Bertz CT molecular complexity index is 462. The molecule has 0 bridgehead atoms. The highest BCUT2D eigenvalue weighted by atomic mass is 16.2. The fraction of sp³-hybridized carbons (Fsp3) is 0.889. The highest BCUT2D eigenvalue weighted by molar-refractivity contribution is 5.84. The Hall–Kier alpha value is -1.14. The van der Waals surface area contributed by atoms with E-state index in [9.17, 15) is 9.59 Å². The minimum absolute atomic E-state index is 0.000651. The van der Waals surface area contributed by atoms with Gasteiger partial charge in [0, 0.05) is 25.7 Å². The molecule has 3 unspecified atom stereocenters. The van der Waals surface area contributed by atoms with Crippen molar-refractivity contribution in [3.8, 4) is 0 Å². The molecule has 3 atom stereocenters. The topological polar surface area (TPSA) is 64.7 Å². The lowest BCUT2D eigenvalue weighted by Crippen LogP contribution is -2.50. The molecule has 3 aliphatic heterocycles. The second kappa shape index (κ2) is 7.83. The van der Waals surface area contributed by atoms with Gasteiger partial charge in [0.1, 0.15) is 0 Å². The van der Waals surface area contributed by atoms with Crippen LogP contribution in [0.25, 0.3) is 0 Å². The van der Waals surface area contributed by atoms with Crippen molar-refractivity contribution in [1.82, 2.24) is 20.4 Å². The molecule has 0 aromatic carbocycles. The van der Waals surface area contributed by atoms with Crippen molar-refractivity contribution in [1.29, 1.82) is 0 Å². The van der Waals surface area contributed by atoms with Gasteiger partial charge in [-0.05, 0) is 65.0 Å². The zero-order valence-corrected chi connectivity index (χ0v) is 15.1. The summed E-state index contributed by atoms with van der Waals surface area (Å²) in [6.07, 6.45) is 5.25. The SMILES string of the molecule is CC(C)N1CCC(N2CCCC(CNC(=O)C3CCCN3)C2)C1=O. The van der Waals surface area contributed by atoms with Gasteiger partial charge >= 0.3 is 0 Å². The molecule has 6 heteroatoms. The van der Waals surface area contributed by atoms with E-state index in [2.05, 4.69) is 29.4 Å². The number of piperidine rings is 1. The molecule has 0 aliphatic carbocycles. The summed E-state index contributed by atoms with van der Waals surface area (Å²) in [5.74, 6) is 0.905. The molecule has 0 radical (unpaired) electrons. The van der Waals surface area contributed by atoms with Crippen LogP contribution >= 0.6 is 0 Å². The Morgan fingerprint density at radius 1 is 1.25 bits per heavy atom. The predicted octanol–water partition coefficient (Wildman–Crippen LogP) is 0.576. The first-order valence-corrected chi connectivity index (χ1v) is 9.62. The molecule has 2 N–H and O–H groups in total. The van der Waals surface area contributed by atoms with Gasteiger partial charge < -0.3 is 15.5 Å². The second-order valence-corrected chi connectivity index (χ2v) is 7.83. The highest BCUT2D eigenvalue weighted by Gasteiger charge is 2.38. The van der Waals surface area contributed by atoms with Gasteiger partial charge in [0.15, 0.2) is 0 Å². The Balaban J connectivity index is 1.48.